The second-order valence-corrected chi connectivity index (χ2v) is 8.40. The van der Waals surface area contributed by atoms with E-state index in [2.05, 4.69) is 0 Å². The van der Waals surface area contributed by atoms with E-state index in [1.54, 1.807) is 0 Å². The Morgan fingerprint density at radius 3 is 2.38 bits per heavy atom. The monoisotopic (exact) mass is 290 g/mol. The van der Waals surface area contributed by atoms with E-state index >= 15 is 0 Å². The Labute approximate surface area is 126 Å². The Kier molecular flexibility index (Phi) is 2.45. The van der Waals surface area contributed by atoms with Crippen molar-refractivity contribution < 1.29 is 15.3 Å². The van der Waals surface area contributed by atoms with Crippen molar-refractivity contribution in [2.45, 2.75) is 50.5 Å². The summed E-state index contributed by atoms with van der Waals surface area (Å²) in [5, 5.41) is 31.6. The number of aliphatic hydroxyl groups is 3. The number of rotatable bonds is 2. The molecule has 6 atom stereocenters. The average Bonchev–Trinajstić information content (AvgIpc) is 3.25. The average molecular weight is 290 g/mol. The van der Waals surface area contributed by atoms with E-state index in [1.807, 2.05) is 0 Å². The first kappa shape index (κ1) is 13.1. The van der Waals surface area contributed by atoms with Gasteiger partial charge in [0.2, 0.25) is 0 Å². The molecular weight excluding hydrogens is 264 g/mol. The molecule has 0 heterocycles. The van der Waals surface area contributed by atoms with Crippen molar-refractivity contribution in [2.75, 3.05) is 13.2 Å². The zero-order chi connectivity index (χ0) is 14.4. The minimum Gasteiger partial charge on any atom is -0.392 e. The fourth-order valence-corrected chi connectivity index (χ4v) is 7.98. The van der Waals surface area contributed by atoms with Gasteiger partial charge in [-0.15, -0.1) is 0 Å². The molecule has 21 heavy (non-hydrogen) atoms. The van der Waals surface area contributed by atoms with Crippen molar-refractivity contribution in [1.29, 1.82) is 0 Å². The maximum Gasteiger partial charge on any atom is 0.0783 e. The summed E-state index contributed by atoms with van der Waals surface area (Å²) >= 11 is 0. The standard InChI is InChI=1S/C18H26O3/c19-8-12-13(9-20)16-17(5-1-2-6-17)15(12)14-10-3-4-11(7-10)18(14,16)21/h10-11,14-16,19-21H,1-9H2. The molecule has 0 aromatic heterocycles. The van der Waals surface area contributed by atoms with Crippen LogP contribution in [0.15, 0.2) is 11.1 Å². The van der Waals surface area contributed by atoms with Crippen LogP contribution in [0.5, 0.6) is 0 Å². The topological polar surface area (TPSA) is 60.7 Å². The Hall–Kier alpha value is -0.380. The summed E-state index contributed by atoms with van der Waals surface area (Å²) < 4.78 is 0. The van der Waals surface area contributed by atoms with Gasteiger partial charge in [-0.3, -0.25) is 0 Å². The Balaban J connectivity index is 1.73. The number of aliphatic hydroxyl groups excluding tert-OH is 2. The van der Waals surface area contributed by atoms with E-state index in [0.717, 1.165) is 11.1 Å². The smallest absolute Gasteiger partial charge is 0.0783 e. The van der Waals surface area contributed by atoms with E-state index < -0.39 is 5.60 Å². The summed E-state index contributed by atoms with van der Waals surface area (Å²) in [7, 11) is 0. The van der Waals surface area contributed by atoms with Crippen LogP contribution in [0.2, 0.25) is 0 Å². The van der Waals surface area contributed by atoms with E-state index in [9.17, 15) is 15.3 Å². The molecular formula is C18H26O3. The van der Waals surface area contributed by atoms with Crippen molar-refractivity contribution >= 4 is 0 Å². The van der Waals surface area contributed by atoms with Crippen molar-refractivity contribution in [3.05, 3.63) is 11.1 Å². The predicted molar refractivity (Wildman–Crippen MR) is 78.3 cm³/mol. The number of hydrogen-bond donors (Lipinski definition) is 3. The molecule has 5 aliphatic rings. The summed E-state index contributed by atoms with van der Waals surface area (Å²) in [6, 6.07) is 0. The van der Waals surface area contributed by atoms with Gasteiger partial charge >= 0.3 is 0 Å². The predicted octanol–water partition coefficient (Wildman–Crippen LogP) is 1.86. The lowest BCUT2D eigenvalue weighted by Crippen LogP contribution is -2.50. The van der Waals surface area contributed by atoms with Gasteiger partial charge in [-0.05, 0) is 72.3 Å². The molecule has 3 heteroatoms. The minimum atomic E-state index is -0.561. The maximum atomic E-state index is 11.7. The van der Waals surface area contributed by atoms with Crippen LogP contribution in [-0.4, -0.2) is 34.1 Å². The first-order chi connectivity index (χ1) is 10.2. The molecule has 5 aliphatic carbocycles. The van der Waals surface area contributed by atoms with Crippen molar-refractivity contribution in [3.63, 3.8) is 0 Å². The number of fused-ring (bicyclic) bond motifs is 7. The summed E-state index contributed by atoms with van der Waals surface area (Å²) in [5.41, 5.74) is 1.76. The van der Waals surface area contributed by atoms with Gasteiger partial charge in [0, 0.05) is 5.92 Å². The quantitative estimate of drug-likeness (QED) is 0.680. The molecule has 4 saturated carbocycles. The molecule has 4 fully saturated rings. The molecule has 3 nitrogen and oxygen atoms in total. The second kappa shape index (κ2) is 3.93. The zero-order valence-electron chi connectivity index (χ0n) is 12.6. The molecule has 4 bridgehead atoms. The van der Waals surface area contributed by atoms with Crippen molar-refractivity contribution in [3.8, 4) is 0 Å². The first-order valence-electron chi connectivity index (χ1n) is 8.84. The fraction of sp³-hybridized carbons (Fsp3) is 0.889. The third-order valence-electron chi connectivity index (χ3n) is 8.20. The Morgan fingerprint density at radius 2 is 1.71 bits per heavy atom. The van der Waals surface area contributed by atoms with Gasteiger partial charge in [0.1, 0.15) is 0 Å². The van der Waals surface area contributed by atoms with Crippen LogP contribution in [0.3, 0.4) is 0 Å². The van der Waals surface area contributed by atoms with E-state index in [4.69, 9.17) is 0 Å². The largest absolute Gasteiger partial charge is 0.392 e. The number of hydrogen-bond acceptors (Lipinski definition) is 3. The Bertz CT molecular complexity index is 519. The van der Waals surface area contributed by atoms with E-state index in [0.29, 0.717) is 23.7 Å². The van der Waals surface area contributed by atoms with E-state index in [-0.39, 0.29) is 24.5 Å². The van der Waals surface area contributed by atoms with Crippen LogP contribution >= 0.6 is 0 Å². The van der Waals surface area contributed by atoms with Gasteiger partial charge in [-0.1, -0.05) is 12.8 Å². The summed E-state index contributed by atoms with van der Waals surface area (Å²) in [6.07, 6.45) is 8.50. The lowest BCUT2D eigenvalue weighted by molar-refractivity contribution is -0.0841. The van der Waals surface area contributed by atoms with Gasteiger partial charge in [-0.25, -0.2) is 0 Å². The molecule has 0 aliphatic heterocycles. The van der Waals surface area contributed by atoms with Crippen LogP contribution in [0.25, 0.3) is 0 Å². The molecule has 0 saturated heterocycles. The fourth-order valence-electron chi connectivity index (χ4n) is 7.98. The van der Waals surface area contributed by atoms with Crippen LogP contribution in [0, 0.1) is 35.0 Å². The van der Waals surface area contributed by atoms with Gasteiger partial charge in [0.25, 0.3) is 0 Å². The highest BCUT2D eigenvalue weighted by Gasteiger charge is 2.78. The van der Waals surface area contributed by atoms with Crippen LogP contribution in [-0.2, 0) is 0 Å². The third-order valence-corrected chi connectivity index (χ3v) is 8.20. The van der Waals surface area contributed by atoms with Crippen LogP contribution < -0.4 is 0 Å². The lowest BCUT2D eigenvalue weighted by Gasteiger charge is -2.44. The molecule has 6 unspecified atom stereocenters. The third kappa shape index (κ3) is 1.19. The SMILES string of the molecule is OCC1=C(CO)C2C3(CCCC3)C1C1C3CCC(C3)C12O. The summed E-state index contributed by atoms with van der Waals surface area (Å²) in [6.45, 7) is 0.119. The molecule has 116 valence electrons. The normalized spacial score (nSPS) is 52.4. The summed E-state index contributed by atoms with van der Waals surface area (Å²) in [4.78, 5) is 0. The van der Waals surface area contributed by atoms with Gasteiger partial charge in [0.15, 0.2) is 0 Å². The zero-order valence-corrected chi connectivity index (χ0v) is 12.6. The molecule has 3 N–H and O–H groups in total. The van der Waals surface area contributed by atoms with Gasteiger partial charge < -0.3 is 15.3 Å². The highest BCUT2D eigenvalue weighted by atomic mass is 16.3. The second-order valence-electron chi connectivity index (χ2n) is 8.40. The summed E-state index contributed by atoms with van der Waals surface area (Å²) in [5.74, 6) is 1.98. The van der Waals surface area contributed by atoms with Crippen molar-refractivity contribution in [2.24, 2.45) is 35.0 Å². The molecule has 1 spiro atoms. The van der Waals surface area contributed by atoms with E-state index in [1.165, 1.54) is 44.9 Å². The minimum absolute atomic E-state index is 0.0330. The molecule has 0 amide bonds. The highest BCUT2D eigenvalue weighted by Crippen LogP contribution is 2.79. The van der Waals surface area contributed by atoms with Crippen LogP contribution in [0.4, 0.5) is 0 Å². The maximum absolute atomic E-state index is 11.7. The Morgan fingerprint density at radius 1 is 1.00 bits per heavy atom. The van der Waals surface area contributed by atoms with Gasteiger partial charge in [0.05, 0.1) is 18.8 Å². The molecule has 0 aromatic carbocycles. The van der Waals surface area contributed by atoms with Gasteiger partial charge in [-0.2, -0.15) is 0 Å². The molecule has 0 aromatic rings. The van der Waals surface area contributed by atoms with Crippen LogP contribution in [0.1, 0.15) is 44.9 Å². The highest BCUT2D eigenvalue weighted by molar-refractivity contribution is 5.45. The first-order valence-corrected chi connectivity index (χ1v) is 8.84. The molecule has 5 rings (SSSR count). The lowest BCUT2D eigenvalue weighted by atomic mass is 9.65. The van der Waals surface area contributed by atoms with Crippen molar-refractivity contribution in [1.82, 2.24) is 0 Å². The molecule has 0 radical (unpaired) electrons.